The second-order valence-corrected chi connectivity index (χ2v) is 6.41. The Balaban J connectivity index is 2.23. The summed E-state index contributed by atoms with van der Waals surface area (Å²) in [6, 6.07) is 18.7. The molecule has 1 aliphatic carbocycles. The van der Waals surface area contributed by atoms with E-state index in [1.54, 1.807) is 0 Å². The minimum absolute atomic E-state index is 0.217. The van der Waals surface area contributed by atoms with Crippen molar-refractivity contribution in [3.05, 3.63) is 70.8 Å². The molecule has 0 saturated carbocycles. The van der Waals surface area contributed by atoms with Crippen molar-refractivity contribution >= 4 is 0 Å². The number of nitrogens with one attached hydrogen (secondary N) is 4. The molecule has 0 radical (unpaired) electrons. The molecule has 0 spiro atoms. The van der Waals surface area contributed by atoms with Gasteiger partial charge in [0.15, 0.2) is 0 Å². The van der Waals surface area contributed by atoms with Gasteiger partial charge < -0.3 is 21.3 Å². The third-order valence-corrected chi connectivity index (χ3v) is 5.17. The van der Waals surface area contributed by atoms with Crippen molar-refractivity contribution in [2.75, 3.05) is 28.2 Å². The number of hydrogen-bond acceptors (Lipinski definition) is 4. The summed E-state index contributed by atoms with van der Waals surface area (Å²) < 4.78 is 0. The lowest BCUT2D eigenvalue weighted by atomic mass is 9.85. The summed E-state index contributed by atoms with van der Waals surface area (Å²) in [5.74, 6) is 0. The van der Waals surface area contributed by atoms with Crippen molar-refractivity contribution in [3.63, 3.8) is 0 Å². The summed E-state index contributed by atoms with van der Waals surface area (Å²) in [5, 5.41) is 14.0. The van der Waals surface area contributed by atoms with Crippen LogP contribution in [0.25, 0.3) is 0 Å². The van der Waals surface area contributed by atoms with Crippen LogP contribution in [0, 0.1) is 0 Å². The molecule has 4 nitrogen and oxygen atoms in total. The molecule has 1 aliphatic rings. The molecule has 4 bridgehead atoms. The maximum Gasteiger partial charge on any atom is 0.0515 e. The predicted octanol–water partition coefficient (Wildman–Crippen LogP) is 2.44. The summed E-state index contributed by atoms with van der Waals surface area (Å²) >= 11 is 0. The number of benzene rings is 2. The van der Waals surface area contributed by atoms with Crippen LogP contribution < -0.4 is 21.3 Å². The normalized spacial score (nSPS) is 26.2. The molecular formula is C20H28N4. The summed E-state index contributed by atoms with van der Waals surface area (Å²) in [4.78, 5) is 0. The minimum Gasteiger partial charge on any atom is -0.311 e. The Bertz CT molecular complexity index is 575. The van der Waals surface area contributed by atoms with Crippen molar-refractivity contribution < 1.29 is 0 Å². The van der Waals surface area contributed by atoms with E-state index in [9.17, 15) is 0 Å². The fourth-order valence-corrected chi connectivity index (χ4v) is 3.99. The van der Waals surface area contributed by atoms with Gasteiger partial charge in [-0.2, -0.15) is 0 Å². The highest BCUT2D eigenvalue weighted by molar-refractivity contribution is 5.38. The molecule has 128 valence electrons. The van der Waals surface area contributed by atoms with Gasteiger partial charge in [-0.25, -0.2) is 0 Å². The van der Waals surface area contributed by atoms with E-state index in [0.29, 0.717) is 0 Å². The Labute approximate surface area is 145 Å². The van der Waals surface area contributed by atoms with E-state index in [0.717, 1.165) is 0 Å². The lowest BCUT2D eigenvalue weighted by Gasteiger charge is -2.33. The van der Waals surface area contributed by atoms with Crippen molar-refractivity contribution in [1.29, 1.82) is 0 Å². The Kier molecular flexibility index (Phi) is 5.31. The van der Waals surface area contributed by atoms with E-state index < -0.39 is 0 Å². The van der Waals surface area contributed by atoms with Crippen molar-refractivity contribution in [1.82, 2.24) is 21.3 Å². The molecule has 0 fully saturated rings. The van der Waals surface area contributed by atoms with Gasteiger partial charge in [-0.15, -0.1) is 0 Å². The highest BCUT2D eigenvalue weighted by Gasteiger charge is 2.28. The van der Waals surface area contributed by atoms with Gasteiger partial charge in [0.2, 0.25) is 0 Å². The highest BCUT2D eigenvalue weighted by atomic mass is 15.0. The van der Waals surface area contributed by atoms with Gasteiger partial charge in [0.1, 0.15) is 0 Å². The number of hydrogen-bond donors (Lipinski definition) is 4. The molecule has 0 aliphatic heterocycles. The van der Waals surface area contributed by atoms with E-state index in [4.69, 9.17) is 0 Å². The van der Waals surface area contributed by atoms with Crippen molar-refractivity contribution in [2.24, 2.45) is 0 Å². The zero-order valence-electron chi connectivity index (χ0n) is 14.9. The number of fused-ring (bicyclic) bond motifs is 4. The number of likely N-dealkylation sites (N-methyl/N-ethyl adjacent to an activating group) is 4. The fraction of sp³-hybridized carbons (Fsp3) is 0.400. The Hall–Kier alpha value is -1.72. The van der Waals surface area contributed by atoms with Gasteiger partial charge in [0, 0.05) is 0 Å². The van der Waals surface area contributed by atoms with Crippen LogP contribution in [0.4, 0.5) is 0 Å². The molecule has 0 saturated heterocycles. The third-order valence-electron chi connectivity index (χ3n) is 5.17. The average molecular weight is 324 g/mol. The molecule has 3 rings (SSSR count). The van der Waals surface area contributed by atoms with Gasteiger partial charge in [-0.1, -0.05) is 48.5 Å². The van der Waals surface area contributed by atoms with Gasteiger partial charge in [0.05, 0.1) is 24.2 Å². The van der Waals surface area contributed by atoms with Gasteiger partial charge >= 0.3 is 0 Å². The second-order valence-electron chi connectivity index (χ2n) is 6.41. The van der Waals surface area contributed by atoms with E-state index in [1.807, 2.05) is 28.2 Å². The molecule has 24 heavy (non-hydrogen) atoms. The molecule has 4 N–H and O–H groups in total. The summed E-state index contributed by atoms with van der Waals surface area (Å²) in [5.41, 5.74) is 5.21. The lowest BCUT2D eigenvalue weighted by molar-refractivity contribution is 0.413. The van der Waals surface area contributed by atoms with E-state index in [-0.39, 0.29) is 24.2 Å². The summed E-state index contributed by atoms with van der Waals surface area (Å²) in [6.07, 6.45) is 0. The maximum absolute atomic E-state index is 3.50. The zero-order chi connectivity index (χ0) is 17.1. The first-order chi connectivity index (χ1) is 11.7. The Morgan fingerprint density at radius 3 is 0.958 bits per heavy atom. The maximum atomic E-state index is 3.50. The van der Waals surface area contributed by atoms with Crippen LogP contribution in [-0.4, -0.2) is 28.2 Å². The van der Waals surface area contributed by atoms with E-state index in [2.05, 4.69) is 69.8 Å². The minimum atomic E-state index is 0.217. The average Bonchev–Trinajstić information content (AvgIpc) is 2.63. The number of rotatable bonds is 4. The monoisotopic (exact) mass is 324 g/mol. The topological polar surface area (TPSA) is 48.1 Å². The van der Waals surface area contributed by atoms with Crippen LogP contribution in [0.1, 0.15) is 46.4 Å². The van der Waals surface area contributed by atoms with Crippen molar-refractivity contribution in [2.45, 2.75) is 24.2 Å². The van der Waals surface area contributed by atoms with E-state index >= 15 is 0 Å². The van der Waals surface area contributed by atoms with Crippen LogP contribution in [0.5, 0.6) is 0 Å². The Morgan fingerprint density at radius 1 is 0.500 bits per heavy atom. The van der Waals surface area contributed by atoms with Crippen LogP contribution >= 0.6 is 0 Å². The quantitative estimate of drug-likeness (QED) is 0.698. The van der Waals surface area contributed by atoms with Gasteiger partial charge in [-0.3, -0.25) is 0 Å². The van der Waals surface area contributed by atoms with Crippen LogP contribution in [-0.2, 0) is 0 Å². The first-order valence-corrected chi connectivity index (χ1v) is 8.62. The Morgan fingerprint density at radius 2 is 0.750 bits per heavy atom. The lowest BCUT2D eigenvalue weighted by Crippen LogP contribution is -2.35. The van der Waals surface area contributed by atoms with E-state index in [1.165, 1.54) is 22.3 Å². The van der Waals surface area contributed by atoms with Crippen LogP contribution in [0.15, 0.2) is 48.5 Å². The molecule has 4 heteroatoms. The predicted molar refractivity (Wildman–Crippen MR) is 100 cm³/mol. The zero-order valence-corrected chi connectivity index (χ0v) is 14.9. The van der Waals surface area contributed by atoms with Gasteiger partial charge in [0.25, 0.3) is 0 Å². The SMILES string of the molecule is CNC1c2cccc(c2)C(NC)C(NC)c2cccc(c2)C1NC. The first kappa shape index (κ1) is 17.1. The molecule has 0 amide bonds. The summed E-state index contributed by atoms with van der Waals surface area (Å²) in [6.45, 7) is 0. The van der Waals surface area contributed by atoms with Crippen molar-refractivity contribution in [3.8, 4) is 0 Å². The van der Waals surface area contributed by atoms with Crippen LogP contribution in [0.2, 0.25) is 0 Å². The third kappa shape index (κ3) is 2.98. The molecule has 2 aromatic carbocycles. The highest BCUT2D eigenvalue weighted by Crippen LogP contribution is 2.36. The smallest absolute Gasteiger partial charge is 0.0515 e. The molecule has 0 aromatic heterocycles. The first-order valence-electron chi connectivity index (χ1n) is 8.62. The summed E-state index contributed by atoms with van der Waals surface area (Å²) in [7, 11) is 8.12. The fourth-order valence-electron chi connectivity index (χ4n) is 3.99. The van der Waals surface area contributed by atoms with Crippen LogP contribution in [0.3, 0.4) is 0 Å². The molecule has 4 atom stereocenters. The second kappa shape index (κ2) is 7.45. The molecule has 4 unspecified atom stereocenters. The standard InChI is InChI=1S/C20H28N4/c1-21-17-13-7-5-9-15(11-13)19(23-3)20(24-4)16-10-6-8-14(12-16)18(17)22-2/h5-12,17-24H,1-4H3. The molecular weight excluding hydrogens is 296 g/mol. The molecule has 0 heterocycles. The largest absolute Gasteiger partial charge is 0.311 e. The van der Waals surface area contributed by atoms with Gasteiger partial charge in [-0.05, 0) is 50.4 Å². The molecule has 2 aromatic rings.